The number of amides is 1. The summed E-state index contributed by atoms with van der Waals surface area (Å²) in [6.45, 7) is 0.903. The molecule has 0 radical (unpaired) electrons. The number of primary amides is 1. The molecule has 0 aliphatic heterocycles. The molecule has 82 valence electrons. The summed E-state index contributed by atoms with van der Waals surface area (Å²) in [5.74, 6) is -0.396. The van der Waals surface area contributed by atoms with E-state index in [4.69, 9.17) is 10.5 Å². The molecule has 1 aromatic rings. The summed E-state index contributed by atoms with van der Waals surface area (Å²) in [6.07, 6.45) is 0. The van der Waals surface area contributed by atoms with Crippen molar-refractivity contribution >= 4 is 5.91 Å². The summed E-state index contributed by atoms with van der Waals surface area (Å²) in [5, 5.41) is 3.04. The van der Waals surface area contributed by atoms with Gasteiger partial charge in [-0.1, -0.05) is 30.3 Å². The van der Waals surface area contributed by atoms with Crippen LogP contribution >= 0.6 is 0 Å². The highest BCUT2D eigenvalue weighted by atomic mass is 16.5. The Bertz CT molecular complexity index is 301. The number of ether oxygens (including phenoxy) is 1. The van der Waals surface area contributed by atoms with E-state index in [0.717, 1.165) is 5.56 Å². The van der Waals surface area contributed by atoms with Gasteiger partial charge in [-0.25, -0.2) is 0 Å². The normalized spacial score (nSPS) is 12.3. The van der Waals surface area contributed by atoms with Crippen LogP contribution in [0.25, 0.3) is 0 Å². The lowest BCUT2D eigenvalue weighted by molar-refractivity contribution is -0.121. The van der Waals surface area contributed by atoms with Gasteiger partial charge < -0.3 is 10.5 Å². The van der Waals surface area contributed by atoms with Gasteiger partial charge in [0.05, 0.1) is 6.61 Å². The summed E-state index contributed by atoms with van der Waals surface area (Å²) in [5.41, 5.74) is 6.32. The van der Waals surface area contributed by atoms with E-state index in [2.05, 4.69) is 5.32 Å². The minimum absolute atomic E-state index is 0.294. The van der Waals surface area contributed by atoms with E-state index in [1.165, 1.54) is 0 Å². The van der Waals surface area contributed by atoms with Gasteiger partial charge in [0.2, 0.25) is 5.91 Å². The molecular formula is C11H16N2O2. The largest absolute Gasteiger partial charge is 0.383 e. The highest BCUT2D eigenvalue weighted by Gasteiger charge is 2.13. The van der Waals surface area contributed by atoms with Gasteiger partial charge >= 0.3 is 0 Å². The first-order valence-corrected chi connectivity index (χ1v) is 4.79. The van der Waals surface area contributed by atoms with Crippen LogP contribution < -0.4 is 11.1 Å². The standard InChI is InChI=1S/C11H16N2O2/c1-15-8-10(11(12)14)13-7-9-5-3-2-4-6-9/h2-6,10,13H,7-8H2,1H3,(H2,12,14)/t10-/m1/s1. The number of nitrogens with one attached hydrogen (secondary N) is 1. The van der Waals surface area contributed by atoms with Gasteiger partial charge in [-0.15, -0.1) is 0 Å². The fourth-order valence-electron chi connectivity index (χ4n) is 1.25. The van der Waals surface area contributed by atoms with Crippen LogP contribution in [0.2, 0.25) is 0 Å². The quantitative estimate of drug-likeness (QED) is 0.705. The molecule has 0 bridgehead atoms. The number of hydrogen-bond acceptors (Lipinski definition) is 3. The molecular weight excluding hydrogens is 192 g/mol. The zero-order valence-corrected chi connectivity index (χ0v) is 8.77. The van der Waals surface area contributed by atoms with E-state index >= 15 is 0 Å². The molecule has 1 rings (SSSR count). The molecule has 0 spiro atoms. The Kier molecular flexibility index (Phi) is 4.80. The van der Waals surface area contributed by atoms with Gasteiger partial charge in [0.15, 0.2) is 0 Å². The van der Waals surface area contributed by atoms with Gasteiger partial charge in [0.1, 0.15) is 6.04 Å². The Balaban J connectivity index is 2.43. The zero-order chi connectivity index (χ0) is 11.1. The molecule has 1 atom stereocenters. The van der Waals surface area contributed by atoms with Crippen LogP contribution in [-0.2, 0) is 16.1 Å². The first-order valence-electron chi connectivity index (χ1n) is 4.79. The predicted octanol–water partition coefficient (Wildman–Crippen LogP) is 0.277. The molecule has 0 unspecified atom stereocenters. The third-order valence-electron chi connectivity index (χ3n) is 2.07. The molecule has 4 nitrogen and oxygen atoms in total. The monoisotopic (exact) mass is 208 g/mol. The number of carbonyl (C=O) groups excluding carboxylic acids is 1. The molecule has 15 heavy (non-hydrogen) atoms. The minimum atomic E-state index is -0.435. The maximum absolute atomic E-state index is 11.0. The molecule has 0 heterocycles. The zero-order valence-electron chi connectivity index (χ0n) is 8.77. The second kappa shape index (κ2) is 6.16. The number of rotatable bonds is 6. The van der Waals surface area contributed by atoms with Crippen molar-refractivity contribution in [1.82, 2.24) is 5.32 Å². The van der Waals surface area contributed by atoms with Crippen molar-refractivity contribution in [3.05, 3.63) is 35.9 Å². The van der Waals surface area contributed by atoms with E-state index in [-0.39, 0.29) is 0 Å². The van der Waals surface area contributed by atoms with E-state index in [9.17, 15) is 4.79 Å². The van der Waals surface area contributed by atoms with Crippen molar-refractivity contribution in [3.63, 3.8) is 0 Å². The number of carbonyl (C=O) groups is 1. The summed E-state index contributed by atoms with van der Waals surface area (Å²) in [6, 6.07) is 9.38. The van der Waals surface area contributed by atoms with Crippen molar-refractivity contribution in [1.29, 1.82) is 0 Å². The van der Waals surface area contributed by atoms with Gasteiger partial charge in [0, 0.05) is 13.7 Å². The van der Waals surface area contributed by atoms with E-state index in [1.807, 2.05) is 30.3 Å². The molecule has 1 aromatic carbocycles. The lowest BCUT2D eigenvalue weighted by atomic mass is 10.2. The van der Waals surface area contributed by atoms with Gasteiger partial charge in [-0.3, -0.25) is 10.1 Å². The van der Waals surface area contributed by atoms with Crippen molar-refractivity contribution in [2.45, 2.75) is 12.6 Å². The van der Waals surface area contributed by atoms with Crippen molar-refractivity contribution in [2.24, 2.45) is 5.73 Å². The first-order chi connectivity index (χ1) is 7.24. The van der Waals surface area contributed by atoms with Gasteiger partial charge in [-0.2, -0.15) is 0 Å². The Hall–Kier alpha value is -1.39. The van der Waals surface area contributed by atoms with E-state index in [0.29, 0.717) is 13.2 Å². The second-order valence-electron chi connectivity index (χ2n) is 3.28. The van der Waals surface area contributed by atoms with Gasteiger partial charge in [-0.05, 0) is 5.56 Å². The Morgan fingerprint density at radius 3 is 2.67 bits per heavy atom. The molecule has 0 aromatic heterocycles. The topological polar surface area (TPSA) is 64.3 Å². The van der Waals surface area contributed by atoms with Crippen molar-refractivity contribution < 1.29 is 9.53 Å². The van der Waals surface area contributed by atoms with Crippen LogP contribution in [-0.4, -0.2) is 25.7 Å². The van der Waals surface area contributed by atoms with Crippen LogP contribution in [0.3, 0.4) is 0 Å². The molecule has 3 N–H and O–H groups in total. The summed E-state index contributed by atoms with van der Waals surface area (Å²) >= 11 is 0. The molecule has 4 heteroatoms. The lowest BCUT2D eigenvalue weighted by Gasteiger charge is -2.14. The Morgan fingerprint density at radius 2 is 2.13 bits per heavy atom. The minimum Gasteiger partial charge on any atom is -0.383 e. The van der Waals surface area contributed by atoms with Crippen LogP contribution in [0.1, 0.15) is 5.56 Å². The Labute approximate surface area is 89.4 Å². The predicted molar refractivity (Wildman–Crippen MR) is 58.1 cm³/mol. The Morgan fingerprint density at radius 1 is 1.47 bits per heavy atom. The molecule has 0 aliphatic carbocycles. The van der Waals surface area contributed by atoms with Crippen molar-refractivity contribution in [2.75, 3.05) is 13.7 Å². The van der Waals surface area contributed by atoms with Crippen LogP contribution in [0, 0.1) is 0 Å². The average molecular weight is 208 g/mol. The summed E-state index contributed by atoms with van der Waals surface area (Å²) < 4.78 is 4.89. The third-order valence-corrected chi connectivity index (χ3v) is 2.07. The number of nitrogens with two attached hydrogens (primary N) is 1. The number of methoxy groups -OCH3 is 1. The third kappa shape index (κ3) is 4.10. The molecule has 1 amide bonds. The average Bonchev–Trinajstić information content (AvgIpc) is 2.25. The van der Waals surface area contributed by atoms with E-state index in [1.54, 1.807) is 7.11 Å². The molecule has 0 saturated heterocycles. The second-order valence-corrected chi connectivity index (χ2v) is 3.28. The van der Waals surface area contributed by atoms with Crippen LogP contribution in [0.4, 0.5) is 0 Å². The smallest absolute Gasteiger partial charge is 0.236 e. The van der Waals surface area contributed by atoms with Crippen molar-refractivity contribution in [3.8, 4) is 0 Å². The first kappa shape index (κ1) is 11.7. The van der Waals surface area contributed by atoms with Crippen LogP contribution in [0.15, 0.2) is 30.3 Å². The van der Waals surface area contributed by atoms with Gasteiger partial charge in [0.25, 0.3) is 0 Å². The number of benzene rings is 1. The van der Waals surface area contributed by atoms with Crippen LogP contribution in [0.5, 0.6) is 0 Å². The van der Waals surface area contributed by atoms with E-state index < -0.39 is 11.9 Å². The highest BCUT2D eigenvalue weighted by Crippen LogP contribution is 1.98. The number of hydrogen-bond donors (Lipinski definition) is 2. The fraction of sp³-hybridized carbons (Fsp3) is 0.364. The lowest BCUT2D eigenvalue weighted by Crippen LogP contribution is -2.44. The summed E-state index contributed by atoms with van der Waals surface area (Å²) in [7, 11) is 1.54. The highest BCUT2D eigenvalue weighted by molar-refractivity contribution is 5.79. The summed E-state index contributed by atoms with van der Waals surface area (Å²) in [4.78, 5) is 11.0. The molecule has 0 fully saturated rings. The fourth-order valence-corrected chi connectivity index (χ4v) is 1.25. The maximum Gasteiger partial charge on any atom is 0.236 e. The SMILES string of the molecule is COC[C@@H](NCc1ccccc1)C(N)=O. The maximum atomic E-state index is 11.0. The molecule has 0 saturated carbocycles. The molecule has 0 aliphatic rings.